The average molecular weight is 206 g/mol. The highest BCUT2D eigenvalue weighted by atomic mass is 15.2. The third-order valence-corrected chi connectivity index (χ3v) is 3.43. The summed E-state index contributed by atoms with van der Waals surface area (Å²) < 4.78 is 6.48. The van der Waals surface area contributed by atoms with Crippen LogP contribution in [0.4, 0.5) is 0 Å². The number of hydrogen-bond acceptors (Lipinski definition) is 1. The zero-order chi connectivity index (χ0) is 11.3. The molecule has 2 rings (SSSR count). The fourth-order valence-corrected chi connectivity index (χ4v) is 2.01. The van der Waals surface area contributed by atoms with E-state index < -0.39 is 0 Å². The van der Waals surface area contributed by atoms with Crippen LogP contribution in [0.2, 0.25) is 0 Å². The van der Waals surface area contributed by atoms with E-state index in [1.807, 2.05) is 6.92 Å². The van der Waals surface area contributed by atoms with Crippen LogP contribution in [0.15, 0.2) is 0 Å². The van der Waals surface area contributed by atoms with Gasteiger partial charge in [-0.15, -0.1) is 9.13 Å². The molecule has 0 aliphatic carbocycles. The second-order valence-electron chi connectivity index (χ2n) is 4.14. The molecule has 0 bridgehead atoms. The van der Waals surface area contributed by atoms with E-state index in [9.17, 15) is 0 Å². The highest BCUT2D eigenvalue weighted by molar-refractivity contribution is 5.69. The molecule has 0 aliphatic rings. The van der Waals surface area contributed by atoms with Gasteiger partial charge >= 0.3 is 11.5 Å². The van der Waals surface area contributed by atoms with Gasteiger partial charge in [0.05, 0.1) is 6.92 Å². The number of hydrogen-bond donors (Lipinski definition) is 0. The summed E-state index contributed by atoms with van der Waals surface area (Å²) >= 11 is 0. The quantitative estimate of drug-likeness (QED) is 0.563. The van der Waals surface area contributed by atoms with Crippen LogP contribution in [0.3, 0.4) is 0 Å². The highest BCUT2D eigenvalue weighted by Crippen LogP contribution is 2.12. The van der Waals surface area contributed by atoms with Crippen molar-refractivity contribution in [1.82, 2.24) is 9.55 Å². The molecular weight excluding hydrogens is 188 g/mol. The molecule has 0 radical (unpaired) electrons. The predicted octanol–water partition coefficient (Wildman–Crippen LogP) is 0.148. The van der Waals surface area contributed by atoms with Gasteiger partial charge in [0.25, 0.3) is 0 Å². The number of fused-ring (bicyclic) bond motifs is 1. The van der Waals surface area contributed by atoms with Crippen molar-refractivity contribution in [3.63, 3.8) is 0 Å². The minimum atomic E-state index is 1.05. The minimum Gasteiger partial charge on any atom is -0.321 e. The van der Waals surface area contributed by atoms with Gasteiger partial charge in [-0.3, -0.25) is 0 Å². The molecule has 2 aromatic rings. The van der Waals surface area contributed by atoms with Crippen LogP contribution in [0.1, 0.15) is 17.3 Å². The molecule has 0 aliphatic heterocycles. The Bertz CT molecular complexity index is 552. The summed E-state index contributed by atoms with van der Waals surface area (Å²) in [7, 11) is 6.21. The fraction of sp³-hybridized carbons (Fsp3) is 0.545. The molecule has 0 aromatic carbocycles. The Morgan fingerprint density at radius 1 is 1.07 bits per heavy atom. The first-order chi connectivity index (χ1) is 6.95. The Morgan fingerprint density at radius 3 is 2.27 bits per heavy atom. The zero-order valence-corrected chi connectivity index (χ0v) is 10.3. The number of rotatable bonds is 0. The van der Waals surface area contributed by atoms with Crippen LogP contribution >= 0.6 is 0 Å². The van der Waals surface area contributed by atoms with Crippen LogP contribution in [-0.4, -0.2) is 9.55 Å². The maximum atomic E-state index is 4.59. The van der Waals surface area contributed by atoms with Crippen molar-refractivity contribution in [2.75, 3.05) is 0 Å². The SMILES string of the molecule is Cc1nc2c(c(C)[n+](C)c(C)[n+]2C)n1C. The summed E-state index contributed by atoms with van der Waals surface area (Å²) in [6, 6.07) is 0. The van der Waals surface area contributed by atoms with E-state index in [1.165, 1.54) is 17.0 Å². The molecule has 0 spiro atoms. The van der Waals surface area contributed by atoms with E-state index in [0.29, 0.717) is 0 Å². The Balaban J connectivity index is 3.07. The third-order valence-electron chi connectivity index (χ3n) is 3.43. The molecular formula is C11H18N4+2. The first-order valence-corrected chi connectivity index (χ1v) is 5.13. The van der Waals surface area contributed by atoms with Crippen molar-refractivity contribution >= 4 is 11.2 Å². The molecule has 0 atom stereocenters. The summed E-state index contributed by atoms with van der Waals surface area (Å²) in [6.45, 7) is 6.28. The van der Waals surface area contributed by atoms with Crippen LogP contribution in [0.5, 0.6) is 0 Å². The second kappa shape index (κ2) is 3.02. The normalized spacial score (nSPS) is 11.3. The number of nitrogens with zero attached hydrogens (tertiary/aromatic N) is 4. The van der Waals surface area contributed by atoms with Crippen molar-refractivity contribution in [3.05, 3.63) is 17.3 Å². The zero-order valence-electron chi connectivity index (χ0n) is 10.3. The van der Waals surface area contributed by atoms with Crippen LogP contribution in [0, 0.1) is 20.8 Å². The monoisotopic (exact) mass is 206 g/mol. The molecule has 15 heavy (non-hydrogen) atoms. The second-order valence-corrected chi connectivity index (χ2v) is 4.14. The molecule has 2 aromatic heterocycles. The van der Waals surface area contributed by atoms with E-state index in [2.05, 4.69) is 53.7 Å². The van der Waals surface area contributed by atoms with Gasteiger partial charge in [-0.2, -0.15) is 4.98 Å². The molecule has 0 amide bonds. The van der Waals surface area contributed by atoms with Crippen molar-refractivity contribution in [3.8, 4) is 0 Å². The molecule has 0 fully saturated rings. The molecule has 0 saturated heterocycles. The molecule has 0 saturated carbocycles. The summed E-state index contributed by atoms with van der Waals surface area (Å²) in [5.74, 6) is 2.26. The topological polar surface area (TPSA) is 25.6 Å². The standard InChI is InChI=1S/C11H18N4/c1-7-10-11(12-8(2)14(10)5)15(6)9(3)13(7)4/h1-6H3/q+2. The van der Waals surface area contributed by atoms with Crippen LogP contribution < -0.4 is 9.13 Å². The van der Waals surface area contributed by atoms with Gasteiger partial charge in [-0.25, -0.2) is 0 Å². The van der Waals surface area contributed by atoms with Crippen molar-refractivity contribution in [2.24, 2.45) is 21.1 Å². The van der Waals surface area contributed by atoms with E-state index >= 15 is 0 Å². The van der Waals surface area contributed by atoms with E-state index in [1.54, 1.807) is 0 Å². The number of aryl methyl sites for hydroxylation is 4. The Morgan fingerprint density at radius 2 is 1.67 bits per heavy atom. The molecule has 80 valence electrons. The van der Waals surface area contributed by atoms with Gasteiger partial charge in [0, 0.05) is 14.0 Å². The largest absolute Gasteiger partial charge is 0.416 e. The Hall–Kier alpha value is -1.45. The van der Waals surface area contributed by atoms with Crippen molar-refractivity contribution in [1.29, 1.82) is 0 Å². The lowest BCUT2D eigenvalue weighted by Gasteiger charge is -1.99. The lowest BCUT2D eigenvalue weighted by molar-refractivity contribution is -0.804. The van der Waals surface area contributed by atoms with Crippen molar-refractivity contribution in [2.45, 2.75) is 20.8 Å². The summed E-state index contributed by atoms with van der Waals surface area (Å²) in [5, 5.41) is 0. The molecule has 2 heterocycles. The van der Waals surface area contributed by atoms with Gasteiger partial charge in [-0.1, -0.05) is 0 Å². The van der Waals surface area contributed by atoms with Gasteiger partial charge < -0.3 is 4.57 Å². The summed E-state index contributed by atoms with van der Waals surface area (Å²) in [6.07, 6.45) is 0. The van der Waals surface area contributed by atoms with Gasteiger partial charge in [-0.05, 0) is 6.92 Å². The molecule has 0 N–H and O–H groups in total. The Kier molecular flexibility index (Phi) is 2.03. The molecule has 0 unspecified atom stereocenters. The minimum absolute atomic E-state index is 1.05. The highest BCUT2D eigenvalue weighted by Gasteiger charge is 2.27. The fourth-order valence-electron chi connectivity index (χ4n) is 2.01. The third kappa shape index (κ3) is 1.17. The van der Waals surface area contributed by atoms with Gasteiger partial charge in [0.2, 0.25) is 11.2 Å². The van der Waals surface area contributed by atoms with Gasteiger partial charge in [0.15, 0.2) is 0 Å². The maximum absolute atomic E-state index is 4.59. The number of imidazole rings is 1. The average Bonchev–Trinajstić information content (AvgIpc) is 2.50. The van der Waals surface area contributed by atoms with Crippen molar-refractivity contribution < 1.29 is 9.13 Å². The summed E-state index contributed by atoms with van der Waals surface area (Å²) in [5.41, 5.74) is 3.52. The molecule has 4 heteroatoms. The van der Waals surface area contributed by atoms with Gasteiger partial charge in [0.1, 0.15) is 19.9 Å². The smallest absolute Gasteiger partial charge is 0.321 e. The van der Waals surface area contributed by atoms with Crippen LogP contribution in [-0.2, 0) is 21.1 Å². The van der Waals surface area contributed by atoms with E-state index in [4.69, 9.17) is 0 Å². The first-order valence-electron chi connectivity index (χ1n) is 5.13. The predicted molar refractivity (Wildman–Crippen MR) is 57.3 cm³/mol. The molecule has 4 nitrogen and oxygen atoms in total. The Labute approximate surface area is 89.8 Å². The lowest BCUT2D eigenvalue weighted by Crippen LogP contribution is -2.50. The first kappa shape index (κ1) is 10.1. The van der Waals surface area contributed by atoms with Crippen LogP contribution in [0.25, 0.3) is 11.2 Å². The van der Waals surface area contributed by atoms with E-state index in [-0.39, 0.29) is 0 Å². The summed E-state index contributed by atoms with van der Waals surface area (Å²) in [4.78, 5) is 4.59. The number of aromatic nitrogens is 4. The maximum Gasteiger partial charge on any atom is 0.416 e. The van der Waals surface area contributed by atoms with E-state index in [0.717, 1.165) is 11.5 Å². The lowest BCUT2D eigenvalue weighted by atomic mass is 10.3.